The zero-order valence-electron chi connectivity index (χ0n) is 9.88. The maximum Gasteiger partial charge on any atom is 0.324 e. The number of nitrogens with zero attached hydrogens (tertiary/aromatic N) is 2. The Morgan fingerprint density at radius 3 is 3.00 bits per heavy atom. The maximum absolute atomic E-state index is 11.7. The highest BCUT2D eigenvalue weighted by molar-refractivity contribution is 7.16. The van der Waals surface area contributed by atoms with E-state index >= 15 is 0 Å². The number of carbonyl (C=O) groups is 1. The Labute approximate surface area is 108 Å². The number of rotatable bonds is 4. The average Bonchev–Trinajstić information content (AvgIpc) is 2.89. The van der Waals surface area contributed by atoms with Gasteiger partial charge in [0, 0.05) is 11.1 Å². The van der Waals surface area contributed by atoms with E-state index in [1.807, 2.05) is 19.1 Å². The zero-order chi connectivity index (χ0) is 13.0. The van der Waals surface area contributed by atoms with Crippen LogP contribution in [-0.2, 0) is 6.54 Å². The number of thiophene rings is 1. The summed E-state index contributed by atoms with van der Waals surface area (Å²) in [4.78, 5) is 12.8. The van der Waals surface area contributed by atoms with E-state index in [9.17, 15) is 4.79 Å². The van der Waals surface area contributed by atoms with Crippen molar-refractivity contribution in [2.24, 2.45) is 0 Å². The van der Waals surface area contributed by atoms with Gasteiger partial charge in [0.15, 0.2) is 0 Å². The van der Waals surface area contributed by atoms with Crippen molar-refractivity contribution in [1.29, 1.82) is 0 Å². The number of anilines is 2. The molecule has 7 heteroatoms. The molecule has 2 rings (SSSR count). The number of hydrogen-bond donors (Lipinski definition) is 3. The van der Waals surface area contributed by atoms with Crippen molar-refractivity contribution in [3.63, 3.8) is 0 Å². The lowest BCUT2D eigenvalue weighted by atomic mass is 10.5. The molecule has 2 aromatic heterocycles. The van der Waals surface area contributed by atoms with Crippen LogP contribution in [0.15, 0.2) is 24.5 Å². The number of aromatic nitrogens is 2. The van der Waals surface area contributed by atoms with Gasteiger partial charge in [0.05, 0.1) is 30.0 Å². The molecule has 0 aliphatic heterocycles. The zero-order valence-corrected chi connectivity index (χ0v) is 10.7. The third-order valence-electron chi connectivity index (χ3n) is 2.20. The molecule has 0 atom stereocenters. The van der Waals surface area contributed by atoms with Crippen molar-refractivity contribution in [3.8, 4) is 0 Å². The Kier molecular flexibility index (Phi) is 3.96. The van der Waals surface area contributed by atoms with Gasteiger partial charge in [-0.2, -0.15) is 5.10 Å². The Bertz CT molecular complexity index is 535. The number of aliphatic hydroxyl groups is 1. The van der Waals surface area contributed by atoms with Gasteiger partial charge in [-0.25, -0.2) is 4.79 Å². The van der Waals surface area contributed by atoms with E-state index < -0.39 is 0 Å². The molecule has 0 spiro atoms. The molecule has 0 radical (unpaired) electrons. The Balaban J connectivity index is 1.90. The topological polar surface area (TPSA) is 79.2 Å². The second-order valence-corrected chi connectivity index (χ2v) is 4.99. The van der Waals surface area contributed by atoms with Gasteiger partial charge < -0.3 is 10.4 Å². The van der Waals surface area contributed by atoms with Gasteiger partial charge in [0.1, 0.15) is 0 Å². The number of aryl methyl sites for hydroxylation is 1. The molecule has 3 N–H and O–H groups in total. The number of urea groups is 1. The Morgan fingerprint density at radius 2 is 2.33 bits per heavy atom. The molecule has 0 bridgehead atoms. The summed E-state index contributed by atoms with van der Waals surface area (Å²) in [7, 11) is 0. The molecular weight excluding hydrogens is 252 g/mol. The summed E-state index contributed by atoms with van der Waals surface area (Å²) in [6.45, 7) is 2.40. The van der Waals surface area contributed by atoms with E-state index in [1.54, 1.807) is 10.9 Å². The third kappa shape index (κ3) is 3.31. The number of amides is 2. The Hall–Kier alpha value is -1.86. The minimum absolute atomic E-state index is 0.0157. The van der Waals surface area contributed by atoms with Gasteiger partial charge in [-0.1, -0.05) is 0 Å². The maximum atomic E-state index is 11.7. The van der Waals surface area contributed by atoms with Gasteiger partial charge in [0.2, 0.25) is 0 Å². The van der Waals surface area contributed by atoms with Crippen molar-refractivity contribution in [2.45, 2.75) is 13.5 Å². The number of nitrogens with one attached hydrogen (secondary N) is 2. The highest BCUT2D eigenvalue weighted by atomic mass is 32.1. The van der Waals surface area contributed by atoms with Crippen LogP contribution in [0.5, 0.6) is 0 Å². The van der Waals surface area contributed by atoms with Crippen LogP contribution < -0.4 is 10.6 Å². The molecular formula is C11H14N4O2S. The first kappa shape index (κ1) is 12.6. The molecule has 2 heterocycles. The van der Waals surface area contributed by atoms with Crippen LogP contribution >= 0.6 is 11.3 Å². The lowest BCUT2D eigenvalue weighted by Gasteiger charge is -2.02. The summed E-state index contributed by atoms with van der Waals surface area (Å²) >= 11 is 1.51. The highest BCUT2D eigenvalue weighted by Crippen LogP contribution is 2.20. The normalized spacial score (nSPS) is 10.3. The monoisotopic (exact) mass is 266 g/mol. The van der Waals surface area contributed by atoms with Crippen LogP contribution in [0.3, 0.4) is 0 Å². The van der Waals surface area contributed by atoms with Crippen molar-refractivity contribution >= 4 is 28.1 Å². The lowest BCUT2D eigenvalue weighted by Crippen LogP contribution is -2.18. The summed E-state index contributed by atoms with van der Waals surface area (Å²) < 4.78 is 1.56. The molecule has 0 saturated heterocycles. The molecule has 96 valence electrons. The second-order valence-electron chi connectivity index (χ2n) is 3.71. The standard InChI is InChI=1S/C11H14N4O2S/c1-8-2-3-10(18-8)14-11(17)13-9-6-12-15(7-9)4-5-16/h2-3,6-7,16H,4-5H2,1H3,(H2,13,14,17). The lowest BCUT2D eigenvalue weighted by molar-refractivity contribution is 0.262. The molecule has 0 aliphatic rings. The van der Waals surface area contributed by atoms with Crippen LogP contribution in [0, 0.1) is 6.92 Å². The summed E-state index contributed by atoms with van der Waals surface area (Å²) in [5.41, 5.74) is 0.592. The van der Waals surface area contributed by atoms with Crippen molar-refractivity contribution in [3.05, 3.63) is 29.4 Å². The molecule has 2 aromatic rings. The smallest absolute Gasteiger partial charge is 0.324 e. The minimum atomic E-state index is -0.305. The SMILES string of the molecule is Cc1ccc(NC(=O)Nc2cnn(CCO)c2)s1. The van der Waals surface area contributed by atoms with Crippen LogP contribution in [0.2, 0.25) is 0 Å². The molecule has 0 aromatic carbocycles. The van der Waals surface area contributed by atoms with E-state index in [4.69, 9.17) is 5.11 Å². The van der Waals surface area contributed by atoms with Gasteiger partial charge >= 0.3 is 6.03 Å². The largest absolute Gasteiger partial charge is 0.394 e. The van der Waals surface area contributed by atoms with Crippen molar-refractivity contribution in [1.82, 2.24) is 9.78 Å². The minimum Gasteiger partial charge on any atom is -0.394 e. The fourth-order valence-electron chi connectivity index (χ4n) is 1.43. The molecule has 2 amide bonds. The first-order chi connectivity index (χ1) is 8.67. The van der Waals surface area contributed by atoms with Gasteiger partial charge in [-0.15, -0.1) is 11.3 Å². The summed E-state index contributed by atoms with van der Waals surface area (Å²) in [6, 6.07) is 3.49. The molecule has 18 heavy (non-hydrogen) atoms. The first-order valence-corrected chi connectivity index (χ1v) is 6.27. The summed E-state index contributed by atoms with van der Waals surface area (Å²) in [5, 5.41) is 18.9. The molecule has 0 unspecified atom stereocenters. The molecule has 0 aliphatic carbocycles. The van der Waals surface area contributed by atoms with Crippen LogP contribution in [0.1, 0.15) is 4.88 Å². The summed E-state index contributed by atoms with van der Waals surface area (Å²) in [6.07, 6.45) is 3.20. The highest BCUT2D eigenvalue weighted by Gasteiger charge is 2.05. The third-order valence-corrected chi connectivity index (χ3v) is 3.11. The van der Waals surface area contributed by atoms with Gasteiger partial charge in [0.25, 0.3) is 0 Å². The van der Waals surface area contributed by atoms with E-state index in [-0.39, 0.29) is 12.6 Å². The summed E-state index contributed by atoms with van der Waals surface area (Å²) in [5.74, 6) is 0. The number of hydrogen-bond acceptors (Lipinski definition) is 4. The predicted octanol–water partition coefficient (Wildman–Crippen LogP) is 1.89. The van der Waals surface area contributed by atoms with E-state index in [0.717, 1.165) is 9.88 Å². The predicted molar refractivity (Wildman–Crippen MR) is 71.0 cm³/mol. The fourth-order valence-corrected chi connectivity index (χ4v) is 2.19. The fraction of sp³-hybridized carbons (Fsp3) is 0.273. The second kappa shape index (κ2) is 5.65. The van der Waals surface area contributed by atoms with Crippen molar-refractivity contribution in [2.75, 3.05) is 17.2 Å². The number of aliphatic hydroxyl groups excluding tert-OH is 1. The van der Waals surface area contributed by atoms with Crippen molar-refractivity contribution < 1.29 is 9.90 Å². The Morgan fingerprint density at radius 1 is 1.50 bits per heavy atom. The molecule has 0 saturated carbocycles. The molecule has 0 fully saturated rings. The first-order valence-electron chi connectivity index (χ1n) is 5.45. The molecule has 6 nitrogen and oxygen atoms in total. The van der Waals surface area contributed by atoms with Crippen LogP contribution in [0.25, 0.3) is 0 Å². The number of carbonyl (C=O) groups excluding carboxylic acids is 1. The average molecular weight is 266 g/mol. The van der Waals surface area contributed by atoms with Gasteiger partial charge in [-0.3, -0.25) is 10.00 Å². The van der Waals surface area contributed by atoms with Gasteiger partial charge in [-0.05, 0) is 19.1 Å². The quantitative estimate of drug-likeness (QED) is 0.790. The van der Waals surface area contributed by atoms with E-state index in [1.165, 1.54) is 17.5 Å². The van der Waals surface area contributed by atoms with E-state index in [2.05, 4.69) is 15.7 Å². The van der Waals surface area contributed by atoms with Crippen LogP contribution in [-0.4, -0.2) is 27.5 Å². The van der Waals surface area contributed by atoms with Crippen LogP contribution in [0.4, 0.5) is 15.5 Å². The van der Waals surface area contributed by atoms with E-state index in [0.29, 0.717) is 12.2 Å².